The maximum atomic E-state index is 12.2. The summed E-state index contributed by atoms with van der Waals surface area (Å²) in [5, 5.41) is 2.92. The highest BCUT2D eigenvalue weighted by Gasteiger charge is 2.36. The molecule has 1 N–H and O–H groups in total. The maximum Gasteiger partial charge on any atom is 0.261 e. The molecule has 2 atom stereocenters. The smallest absolute Gasteiger partial charge is 0.261 e. The molecule has 1 amide bonds. The van der Waals surface area contributed by atoms with Crippen molar-refractivity contribution in [3.63, 3.8) is 0 Å². The van der Waals surface area contributed by atoms with E-state index in [0.717, 1.165) is 12.8 Å². The minimum absolute atomic E-state index is 0.0790. The minimum atomic E-state index is -3.86. The van der Waals surface area contributed by atoms with E-state index >= 15 is 0 Å². The fourth-order valence-corrected chi connectivity index (χ4v) is 3.55. The molecular weight excluding hydrogens is 366 g/mol. The molecule has 0 aliphatic heterocycles. The van der Waals surface area contributed by atoms with E-state index in [-0.39, 0.29) is 16.8 Å². The van der Waals surface area contributed by atoms with Crippen molar-refractivity contribution in [1.82, 2.24) is 5.32 Å². The van der Waals surface area contributed by atoms with Gasteiger partial charge in [0, 0.05) is 26.8 Å². The Morgan fingerprint density at radius 2 is 2.15 bits per heavy atom. The van der Waals surface area contributed by atoms with Crippen LogP contribution in [0.4, 0.5) is 0 Å². The van der Waals surface area contributed by atoms with Gasteiger partial charge in [-0.3, -0.25) is 4.79 Å². The first-order chi connectivity index (χ1) is 9.24. The van der Waals surface area contributed by atoms with Gasteiger partial charge in [-0.05, 0) is 37.0 Å². The van der Waals surface area contributed by atoms with Crippen molar-refractivity contribution >= 4 is 41.6 Å². The topological polar surface area (TPSA) is 63.2 Å². The normalized spacial score (nSPS) is 21.6. The average Bonchev–Trinajstić information content (AvgIpc) is 3.09. The molecule has 1 aromatic carbocycles. The highest BCUT2D eigenvalue weighted by molar-refractivity contribution is 9.10. The summed E-state index contributed by atoms with van der Waals surface area (Å²) in [6.45, 7) is 3.84. The van der Waals surface area contributed by atoms with E-state index in [4.69, 9.17) is 10.7 Å². The molecular formula is C13H15BrClNO3S. The highest BCUT2D eigenvalue weighted by atomic mass is 79.9. The molecule has 1 aromatic rings. The monoisotopic (exact) mass is 379 g/mol. The summed E-state index contributed by atoms with van der Waals surface area (Å²) in [5.41, 5.74) is 1.03. The molecule has 1 aliphatic rings. The molecule has 1 aliphatic carbocycles. The number of halogens is 2. The first kappa shape index (κ1) is 15.8. The largest absolute Gasteiger partial charge is 0.349 e. The Bertz CT molecular complexity index is 660. The Morgan fingerprint density at radius 1 is 1.50 bits per heavy atom. The van der Waals surface area contributed by atoms with Gasteiger partial charge in [0.1, 0.15) is 0 Å². The third kappa shape index (κ3) is 3.35. The second kappa shape index (κ2) is 5.66. The number of nitrogens with one attached hydrogen (secondary N) is 1. The lowest BCUT2D eigenvalue weighted by molar-refractivity contribution is 0.0948. The summed E-state index contributed by atoms with van der Waals surface area (Å²) >= 11 is 3.26. The fraction of sp³-hybridized carbons (Fsp3) is 0.462. The van der Waals surface area contributed by atoms with Gasteiger partial charge in [0.15, 0.2) is 0 Å². The fourth-order valence-electron chi connectivity index (χ4n) is 2.15. The van der Waals surface area contributed by atoms with Gasteiger partial charge >= 0.3 is 0 Å². The van der Waals surface area contributed by atoms with Crippen LogP contribution in [0.1, 0.15) is 35.7 Å². The molecule has 0 aromatic heterocycles. The van der Waals surface area contributed by atoms with Crippen molar-refractivity contribution in [2.75, 3.05) is 0 Å². The predicted molar refractivity (Wildman–Crippen MR) is 81.6 cm³/mol. The first-order valence-electron chi connectivity index (χ1n) is 6.29. The van der Waals surface area contributed by atoms with Gasteiger partial charge in [0.2, 0.25) is 0 Å². The summed E-state index contributed by atoms with van der Waals surface area (Å²) in [6, 6.07) is 2.92. The Morgan fingerprint density at radius 3 is 2.65 bits per heavy atom. The van der Waals surface area contributed by atoms with Crippen molar-refractivity contribution in [3.8, 4) is 0 Å². The number of carbonyl (C=O) groups excluding carboxylic acids is 1. The Kier molecular flexibility index (Phi) is 4.47. The minimum Gasteiger partial charge on any atom is -0.349 e. The van der Waals surface area contributed by atoms with Crippen LogP contribution in [-0.4, -0.2) is 20.4 Å². The van der Waals surface area contributed by atoms with Crippen LogP contribution in [0.2, 0.25) is 0 Å². The quantitative estimate of drug-likeness (QED) is 0.816. The van der Waals surface area contributed by atoms with Gasteiger partial charge in [-0.1, -0.05) is 29.3 Å². The summed E-state index contributed by atoms with van der Waals surface area (Å²) < 4.78 is 23.4. The van der Waals surface area contributed by atoms with Crippen LogP contribution in [0.3, 0.4) is 0 Å². The highest BCUT2D eigenvalue weighted by Crippen LogP contribution is 2.34. The summed E-state index contributed by atoms with van der Waals surface area (Å²) in [5.74, 6) is 0.272. The summed E-state index contributed by atoms with van der Waals surface area (Å²) in [4.78, 5) is 12.2. The van der Waals surface area contributed by atoms with E-state index in [1.54, 1.807) is 6.92 Å². The van der Waals surface area contributed by atoms with E-state index in [1.807, 2.05) is 0 Å². The van der Waals surface area contributed by atoms with E-state index < -0.39 is 9.05 Å². The standard InChI is InChI=1S/C13H15BrClNO3S/c1-3-8-4-12(8)16-13(17)10-5-9(20(15,18)19)6-11(14)7(10)2/h5-6,8,12H,3-4H2,1-2H3,(H,16,17). The molecule has 0 spiro atoms. The van der Waals surface area contributed by atoms with Crippen LogP contribution in [-0.2, 0) is 9.05 Å². The molecule has 7 heteroatoms. The Labute approximate surface area is 131 Å². The number of hydrogen-bond acceptors (Lipinski definition) is 3. The molecule has 1 saturated carbocycles. The Hall–Kier alpha value is -0.590. The molecule has 20 heavy (non-hydrogen) atoms. The van der Waals surface area contributed by atoms with E-state index in [2.05, 4.69) is 28.2 Å². The number of rotatable bonds is 4. The molecule has 0 heterocycles. The predicted octanol–water partition coefficient (Wildman–Crippen LogP) is 3.21. The number of amides is 1. The average molecular weight is 381 g/mol. The SMILES string of the molecule is CCC1CC1NC(=O)c1cc(S(=O)(=O)Cl)cc(Br)c1C. The Balaban J connectivity index is 2.31. The van der Waals surface area contributed by atoms with E-state index in [1.165, 1.54) is 12.1 Å². The van der Waals surface area contributed by atoms with Crippen molar-refractivity contribution in [2.45, 2.75) is 37.6 Å². The van der Waals surface area contributed by atoms with Crippen molar-refractivity contribution in [3.05, 3.63) is 27.7 Å². The lowest BCUT2D eigenvalue weighted by Gasteiger charge is -2.10. The maximum absolute atomic E-state index is 12.2. The lowest BCUT2D eigenvalue weighted by atomic mass is 10.1. The summed E-state index contributed by atoms with van der Waals surface area (Å²) in [6.07, 6.45) is 2.01. The zero-order valence-electron chi connectivity index (χ0n) is 11.1. The van der Waals surface area contributed by atoms with E-state index in [0.29, 0.717) is 21.5 Å². The zero-order chi connectivity index (χ0) is 15.1. The molecule has 0 radical (unpaired) electrons. The molecule has 2 unspecified atom stereocenters. The van der Waals surface area contributed by atoms with E-state index in [9.17, 15) is 13.2 Å². The molecule has 2 rings (SSSR count). The van der Waals surface area contributed by atoms with Gasteiger partial charge in [-0.25, -0.2) is 8.42 Å². The molecule has 1 fully saturated rings. The van der Waals surface area contributed by atoms with Crippen LogP contribution in [0, 0.1) is 12.8 Å². The van der Waals surface area contributed by atoms with Crippen molar-refractivity contribution in [1.29, 1.82) is 0 Å². The number of hydrogen-bond donors (Lipinski definition) is 1. The summed E-state index contributed by atoms with van der Waals surface area (Å²) in [7, 11) is 1.48. The van der Waals surface area contributed by atoms with Gasteiger partial charge in [0.25, 0.3) is 15.0 Å². The zero-order valence-corrected chi connectivity index (χ0v) is 14.3. The van der Waals surface area contributed by atoms with Gasteiger partial charge < -0.3 is 5.32 Å². The van der Waals surface area contributed by atoms with Crippen LogP contribution >= 0.6 is 26.6 Å². The second-order valence-corrected chi connectivity index (χ2v) is 8.42. The molecule has 110 valence electrons. The second-order valence-electron chi connectivity index (χ2n) is 5.00. The van der Waals surface area contributed by atoms with Crippen LogP contribution in [0.5, 0.6) is 0 Å². The third-order valence-electron chi connectivity index (χ3n) is 3.61. The van der Waals surface area contributed by atoms with Crippen LogP contribution in [0.15, 0.2) is 21.5 Å². The molecule has 4 nitrogen and oxygen atoms in total. The number of carbonyl (C=O) groups is 1. The first-order valence-corrected chi connectivity index (χ1v) is 9.40. The van der Waals surface area contributed by atoms with Gasteiger partial charge in [-0.2, -0.15) is 0 Å². The third-order valence-corrected chi connectivity index (χ3v) is 5.76. The molecule has 0 saturated heterocycles. The van der Waals surface area contributed by atoms with Gasteiger partial charge in [0.05, 0.1) is 4.90 Å². The lowest BCUT2D eigenvalue weighted by Crippen LogP contribution is -2.27. The molecule has 0 bridgehead atoms. The van der Waals surface area contributed by atoms with Crippen LogP contribution in [0.25, 0.3) is 0 Å². The van der Waals surface area contributed by atoms with Crippen molar-refractivity contribution in [2.24, 2.45) is 5.92 Å². The van der Waals surface area contributed by atoms with Gasteiger partial charge in [-0.15, -0.1) is 0 Å². The van der Waals surface area contributed by atoms with Crippen LogP contribution < -0.4 is 5.32 Å². The van der Waals surface area contributed by atoms with Crippen molar-refractivity contribution < 1.29 is 13.2 Å². The number of benzene rings is 1.